The summed E-state index contributed by atoms with van der Waals surface area (Å²) in [6, 6.07) is 12.6. The van der Waals surface area contributed by atoms with Crippen molar-refractivity contribution in [2.75, 3.05) is 13.1 Å². The molecule has 0 amide bonds. The van der Waals surface area contributed by atoms with E-state index in [9.17, 15) is 0 Å². The van der Waals surface area contributed by atoms with E-state index in [1.165, 1.54) is 11.1 Å². The number of aromatic nitrogens is 1. The molecule has 0 saturated carbocycles. The molecule has 0 saturated heterocycles. The van der Waals surface area contributed by atoms with E-state index in [1.807, 2.05) is 13.0 Å². The number of nitrogens with zero attached hydrogens (tertiary/aromatic N) is 2. The number of aliphatic imine (C=N–C) groups is 1. The van der Waals surface area contributed by atoms with Gasteiger partial charge in [0.1, 0.15) is 0 Å². The van der Waals surface area contributed by atoms with Crippen LogP contribution in [0.15, 0.2) is 65.8 Å². The highest BCUT2D eigenvalue weighted by atomic mass is 15.2. The van der Waals surface area contributed by atoms with Gasteiger partial charge in [-0.25, -0.2) is 4.99 Å². The normalized spacial score (nSPS) is 15.0. The Bertz CT molecular complexity index is 750. The molecule has 0 aliphatic carbocycles. The van der Waals surface area contributed by atoms with Crippen LogP contribution in [0.1, 0.15) is 24.6 Å². The molecule has 0 unspecified atom stereocenters. The molecule has 1 aliphatic heterocycles. The molecule has 1 aromatic heterocycles. The summed E-state index contributed by atoms with van der Waals surface area (Å²) in [5, 5.41) is 0. The Labute approximate surface area is 138 Å². The summed E-state index contributed by atoms with van der Waals surface area (Å²) in [6.45, 7) is 9.92. The second-order valence-electron chi connectivity index (χ2n) is 5.98. The maximum Gasteiger partial charge on any atom is 0.153 e. The molecule has 0 atom stereocenters. The van der Waals surface area contributed by atoms with Gasteiger partial charge in [0, 0.05) is 24.5 Å². The molecular formula is C20H23N3. The molecule has 3 rings (SSSR count). The minimum Gasteiger partial charge on any atom is -0.352 e. The minimum atomic E-state index is 0.824. The van der Waals surface area contributed by atoms with Crippen LogP contribution in [0.25, 0.3) is 11.3 Å². The number of allylic oxidation sites excluding steroid dienone is 1. The second kappa shape index (κ2) is 6.69. The van der Waals surface area contributed by atoms with Gasteiger partial charge in [-0.3, -0.25) is 0 Å². The lowest BCUT2D eigenvalue weighted by Gasteiger charge is -2.27. The zero-order chi connectivity index (χ0) is 16.2. The summed E-state index contributed by atoms with van der Waals surface area (Å²) in [6.07, 6.45) is 5.49. The van der Waals surface area contributed by atoms with Gasteiger partial charge in [-0.2, -0.15) is 0 Å². The number of aryl methyl sites for hydroxylation is 1. The van der Waals surface area contributed by atoms with Gasteiger partial charge in [0.05, 0.1) is 5.69 Å². The quantitative estimate of drug-likeness (QED) is 0.504. The number of amidine groups is 1. The Kier molecular flexibility index (Phi) is 4.47. The Balaban J connectivity index is 2.01. The summed E-state index contributed by atoms with van der Waals surface area (Å²) >= 11 is 0. The summed E-state index contributed by atoms with van der Waals surface area (Å²) in [4.78, 5) is 10.6. The maximum absolute atomic E-state index is 4.72. The van der Waals surface area contributed by atoms with Crippen molar-refractivity contribution in [1.82, 2.24) is 9.88 Å². The summed E-state index contributed by atoms with van der Waals surface area (Å²) in [7, 11) is 0. The third-order valence-corrected chi connectivity index (χ3v) is 3.98. The number of hydrogen-bond acceptors (Lipinski definition) is 1. The van der Waals surface area contributed by atoms with Crippen LogP contribution in [0.3, 0.4) is 0 Å². The molecule has 3 heteroatoms. The van der Waals surface area contributed by atoms with Gasteiger partial charge >= 0.3 is 0 Å². The summed E-state index contributed by atoms with van der Waals surface area (Å²) in [5.41, 5.74) is 5.43. The Hall–Kier alpha value is -2.55. The SMILES string of the molecule is C=C(C)N=C(c1[nH]c(-c2ccccc2)cc1C)N1CC=CCC1. The van der Waals surface area contributed by atoms with Crippen molar-refractivity contribution in [2.45, 2.75) is 20.3 Å². The van der Waals surface area contributed by atoms with Crippen molar-refractivity contribution in [1.29, 1.82) is 0 Å². The standard InChI is InChI=1S/C20H23N3/c1-15(2)21-20(23-12-8-5-9-13-23)19-16(3)14-18(22-19)17-10-6-4-7-11-17/h4-8,10-11,14,22H,1,9,12-13H2,2-3H3. The van der Waals surface area contributed by atoms with Crippen molar-refractivity contribution in [2.24, 2.45) is 4.99 Å². The molecule has 23 heavy (non-hydrogen) atoms. The van der Waals surface area contributed by atoms with Gasteiger partial charge in [-0.15, -0.1) is 0 Å². The molecule has 1 aliphatic rings. The fourth-order valence-corrected chi connectivity index (χ4v) is 2.86. The van der Waals surface area contributed by atoms with Crippen LogP contribution < -0.4 is 0 Å². The van der Waals surface area contributed by atoms with Crippen LogP contribution in [0.5, 0.6) is 0 Å². The predicted octanol–water partition coefficient (Wildman–Crippen LogP) is 4.53. The lowest BCUT2D eigenvalue weighted by atomic mass is 10.1. The maximum atomic E-state index is 4.72. The van der Waals surface area contributed by atoms with Crippen LogP contribution in [0.4, 0.5) is 0 Å². The molecule has 0 fully saturated rings. The van der Waals surface area contributed by atoms with Crippen molar-refractivity contribution in [3.8, 4) is 11.3 Å². The third kappa shape index (κ3) is 3.45. The fourth-order valence-electron chi connectivity index (χ4n) is 2.86. The van der Waals surface area contributed by atoms with Gasteiger partial charge in [-0.1, -0.05) is 49.1 Å². The third-order valence-electron chi connectivity index (χ3n) is 3.98. The van der Waals surface area contributed by atoms with Crippen molar-refractivity contribution in [3.05, 3.63) is 72.1 Å². The van der Waals surface area contributed by atoms with Gasteiger partial charge in [0.2, 0.25) is 0 Å². The van der Waals surface area contributed by atoms with Crippen molar-refractivity contribution < 1.29 is 0 Å². The van der Waals surface area contributed by atoms with E-state index in [-0.39, 0.29) is 0 Å². The smallest absolute Gasteiger partial charge is 0.153 e. The Morgan fingerprint density at radius 2 is 2.00 bits per heavy atom. The molecule has 1 N–H and O–H groups in total. The molecule has 0 spiro atoms. The topological polar surface area (TPSA) is 31.4 Å². The number of benzene rings is 1. The number of nitrogens with one attached hydrogen (secondary N) is 1. The van der Waals surface area contributed by atoms with Crippen molar-refractivity contribution in [3.63, 3.8) is 0 Å². The molecule has 0 bridgehead atoms. The van der Waals surface area contributed by atoms with E-state index in [4.69, 9.17) is 4.99 Å². The van der Waals surface area contributed by atoms with Gasteiger partial charge < -0.3 is 9.88 Å². The number of rotatable bonds is 3. The first-order valence-electron chi connectivity index (χ1n) is 8.04. The predicted molar refractivity (Wildman–Crippen MR) is 97.6 cm³/mol. The molecule has 0 radical (unpaired) electrons. The molecule has 2 heterocycles. The Morgan fingerprint density at radius 3 is 2.65 bits per heavy atom. The van der Waals surface area contributed by atoms with E-state index in [0.717, 1.165) is 42.4 Å². The minimum absolute atomic E-state index is 0.824. The zero-order valence-electron chi connectivity index (χ0n) is 13.8. The largest absolute Gasteiger partial charge is 0.352 e. The van der Waals surface area contributed by atoms with Crippen LogP contribution in [0.2, 0.25) is 0 Å². The molecule has 1 aromatic carbocycles. The zero-order valence-corrected chi connectivity index (χ0v) is 13.8. The van der Waals surface area contributed by atoms with Crippen LogP contribution in [-0.4, -0.2) is 28.8 Å². The van der Waals surface area contributed by atoms with Crippen LogP contribution >= 0.6 is 0 Å². The van der Waals surface area contributed by atoms with Crippen molar-refractivity contribution >= 4 is 5.84 Å². The van der Waals surface area contributed by atoms with E-state index >= 15 is 0 Å². The molecular weight excluding hydrogens is 282 g/mol. The number of H-pyrrole nitrogens is 1. The molecule has 118 valence electrons. The van der Waals surface area contributed by atoms with Crippen LogP contribution in [-0.2, 0) is 0 Å². The lowest BCUT2D eigenvalue weighted by molar-refractivity contribution is 0.453. The lowest BCUT2D eigenvalue weighted by Crippen LogP contribution is -2.35. The van der Waals surface area contributed by atoms with Gasteiger partial charge in [-0.05, 0) is 37.5 Å². The first-order valence-corrected chi connectivity index (χ1v) is 8.04. The molecule has 2 aromatic rings. The van der Waals surface area contributed by atoms with E-state index < -0.39 is 0 Å². The Morgan fingerprint density at radius 1 is 1.22 bits per heavy atom. The van der Waals surface area contributed by atoms with E-state index in [2.05, 4.69) is 65.9 Å². The first kappa shape index (κ1) is 15.3. The molecule has 3 nitrogen and oxygen atoms in total. The summed E-state index contributed by atoms with van der Waals surface area (Å²) < 4.78 is 0. The number of aromatic amines is 1. The highest BCUT2D eigenvalue weighted by Crippen LogP contribution is 2.23. The van der Waals surface area contributed by atoms with Crippen LogP contribution in [0, 0.1) is 6.92 Å². The monoisotopic (exact) mass is 305 g/mol. The van der Waals surface area contributed by atoms with Gasteiger partial charge in [0.15, 0.2) is 5.84 Å². The number of hydrogen-bond donors (Lipinski definition) is 1. The van der Waals surface area contributed by atoms with Gasteiger partial charge in [0.25, 0.3) is 0 Å². The van der Waals surface area contributed by atoms with E-state index in [0.29, 0.717) is 0 Å². The summed E-state index contributed by atoms with van der Waals surface area (Å²) in [5.74, 6) is 0.988. The van der Waals surface area contributed by atoms with E-state index in [1.54, 1.807) is 0 Å². The highest BCUT2D eigenvalue weighted by molar-refractivity contribution is 6.00. The first-order chi connectivity index (χ1) is 11.1. The average Bonchev–Trinajstić information content (AvgIpc) is 2.96. The average molecular weight is 305 g/mol. The second-order valence-corrected chi connectivity index (χ2v) is 5.98. The fraction of sp³-hybridized carbons (Fsp3) is 0.250. The highest BCUT2D eigenvalue weighted by Gasteiger charge is 2.18.